The van der Waals surface area contributed by atoms with Crippen molar-refractivity contribution in [3.05, 3.63) is 64.2 Å². The van der Waals surface area contributed by atoms with Crippen molar-refractivity contribution in [1.29, 1.82) is 0 Å². The molecule has 2 amide bonds. The molecule has 0 spiro atoms. The van der Waals surface area contributed by atoms with E-state index in [9.17, 15) is 9.59 Å². The summed E-state index contributed by atoms with van der Waals surface area (Å²) in [7, 11) is 2.13. The van der Waals surface area contributed by atoms with Crippen LogP contribution in [0.15, 0.2) is 53.6 Å². The number of carbonyl (C=O) groups excluding carboxylic acids is 2. The Morgan fingerprint density at radius 2 is 1.88 bits per heavy atom. The van der Waals surface area contributed by atoms with Crippen LogP contribution in [0.3, 0.4) is 0 Å². The van der Waals surface area contributed by atoms with Gasteiger partial charge in [0.1, 0.15) is 0 Å². The van der Waals surface area contributed by atoms with E-state index in [0.717, 1.165) is 71.2 Å². The van der Waals surface area contributed by atoms with Crippen LogP contribution in [0.4, 0.5) is 10.5 Å². The number of likely N-dealkylation sites (N-methyl/N-ethyl adjacent to an activating group) is 1. The molecule has 0 aliphatic carbocycles. The van der Waals surface area contributed by atoms with Crippen molar-refractivity contribution in [3.8, 4) is 11.3 Å². The fourth-order valence-corrected chi connectivity index (χ4v) is 5.02. The Morgan fingerprint density at radius 3 is 2.59 bits per heavy atom. The van der Waals surface area contributed by atoms with Crippen LogP contribution in [0.2, 0.25) is 5.02 Å². The smallest absolute Gasteiger partial charge is 0.290 e. The number of pyridine rings is 1. The fourth-order valence-electron chi connectivity index (χ4n) is 4.04. The van der Waals surface area contributed by atoms with Gasteiger partial charge in [0, 0.05) is 43.3 Å². The second kappa shape index (κ2) is 8.58. The Morgan fingerprint density at radius 1 is 1.06 bits per heavy atom. The highest BCUT2D eigenvalue weighted by Crippen LogP contribution is 2.35. The van der Waals surface area contributed by atoms with E-state index in [1.807, 2.05) is 30.3 Å². The number of nitrogens with zero attached hydrogens (tertiary/aromatic N) is 3. The van der Waals surface area contributed by atoms with E-state index in [0.29, 0.717) is 9.93 Å². The van der Waals surface area contributed by atoms with Gasteiger partial charge >= 0.3 is 0 Å². The van der Waals surface area contributed by atoms with Crippen LogP contribution in [-0.4, -0.2) is 54.3 Å². The lowest BCUT2D eigenvalue weighted by Crippen LogP contribution is -2.44. The van der Waals surface area contributed by atoms with Crippen LogP contribution < -0.4 is 10.2 Å². The molecule has 1 aromatic heterocycles. The van der Waals surface area contributed by atoms with E-state index in [-0.39, 0.29) is 11.1 Å². The average molecular weight is 465 g/mol. The van der Waals surface area contributed by atoms with E-state index >= 15 is 0 Å². The second-order valence-electron chi connectivity index (χ2n) is 7.95. The van der Waals surface area contributed by atoms with Crippen molar-refractivity contribution in [2.24, 2.45) is 0 Å². The van der Waals surface area contributed by atoms with E-state index in [1.165, 1.54) is 0 Å². The highest BCUT2D eigenvalue weighted by atomic mass is 35.5. The topological polar surface area (TPSA) is 65.5 Å². The Bertz CT molecular complexity index is 1270. The predicted molar refractivity (Wildman–Crippen MR) is 131 cm³/mol. The standard InChI is InChI=1S/C24H21ClN4O2S/c1-28-8-10-29(11-9-28)20-5-4-17(14-19(20)25)22-18-12-15(2-3-16(18)6-7-26-22)13-21-23(30)27-24(31)32-21/h2-7,12-14H,8-11H2,1H3,(H,27,30,31). The Hall–Kier alpha value is -2.87. The average Bonchev–Trinajstić information content (AvgIpc) is 3.10. The SMILES string of the molecule is CN1CCN(c2ccc(-c3nccc4ccc(C=C5SC(=O)NC5=O)cc34)cc2Cl)CC1. The molecule has 2 fully saturated rings. The number of halogens is 1. The van der Waals surface area contributed by atoms with E-state index in [2.05, 4.69) is 39.3 Å². The van der Waals surface area contributed by atoms with Crippen molar-refractivity contribution in [3.63, 3.8) is 0 Å². The molecular formula is C24H21ClN4O2S. The zero-order chi connectivity index (χ0) is 22.2. The number of rotatable bonds is 3. The number of nitrogens with one attached hydrogen (secondary N) is 1. The lowest BCUT2D eigenvalue weighted by molar-refractivity contribution is -0.115. The van der Waals surface area contributed by atoms with Gasteiger partial charge in [-0.25, -0.2) is 0 Å². The summed E-state index contributed by atoms with van der Waals surface area (Å²) < 4.78 is 0. The van der Waals surface area contributed by atoms with Gasteiger partial charge in [-0.2, -0.15) is 0 Å². The van der Waals surface area contributed by atoms with Crippen molar-refractivity contribution >= 4 is 57.0 Å². The van der Waals surface area contributed by atoms with E-state index in [4.69, 9.17) is 11.6 Å². The molecule has 32 heavy (non-hydrogen) atoms. The summed E-state index contributed by atoms with van der Waals surface area (Å²) in [4.78, 5) is 33.0. The van der Waals surface area contributed by atoms with Gasteiger partial charge in [-0.05, 0) is 60.1 Å². The molecule has 2 saturated heterocycles. The molecule has 2 aliphatic rings. The molecule has 162 valence electrons. The molecule has 0 unspecified atom stereocenters. The molecule has 6 nitrogen and oxygen atoms in total. The molecule has 2 aliphatic heterocycles. The first-order valence-corrected chi connectivity index (χ1v) is 11.5. The predicted octanol–water partition coefficient (Wildman–Crippen LogP) is 4.63. The number of hydrogen-bond acceptors (Lipinski definition) is 6. The molecule has 1 N–H and O–H groups in total. The van der Waals surface area contributed by atoms with Crippen LogP contribution >= 0.6 is 23.4 Å². The van der Waals surface area contributed by atoms with Crippen molar-refractivity contribution in [1.82, 2.24) is 15.2 Å². The zero-order valence-electron chi connectivity index (χ0n) is 17.5. The summed E-state index contributed by atoms with van der Waals surface area (Å²) in [5, 5.41) is 4.64. The highest BCUT2D eigenvalue weighted by Gasteiger charge is 2.25. The van der Waals surface area contributed by atoms with Gasteiger partial charge in [0.15, 0.2) is 0 Å². The normalized spacial score (nSPS) is 18.6. The first-order chi connectivity index (χ1) is 15.5. The van der Waals surface area contributed by atoms with Crippen LogP contribution in [0.5, 0.6) is 0 Å². The van der Waals surface area contributed by atoms with Crippen LogP contribution in [0.1, 0.15) is 5.56 Å². The van der Waals surface area contributed by atoms with Crippen LogP contribution in [0, 0.1) is 0 Å². The fraction of sp³-hybridized carbons (Fsp3) is 0.208. The van der Waals surface area contributed by atoms with E-state index in [1.54, 1.807) is 12.3 Å². The molecule has 0 radical (unpaired) electrons. The van der Waals surface area contributed by atoms with Gasteiger partial charge in [0.25, 0.3) is 11.1 Å². The van der Waals surface area contributed by atoms with Gasteiger partial charge in [0.2, 0.25) is 0 Å². The van der Waals surface area contributed by atoms with Crippen molar-refractivity contribution in [2.45, 2.75) is 0 Å². The third kappa shape index (κ3) is 4.11. The number of anilines is 1. The van der Waals surface area contributed by atoms with Crippen molar-refractivity contribution < 1.29 is 9.59 Å². The lowest BCUT2D eigenvalue weighted by Gasteiger charge is -2.34. The molecule has 8 heteroatoms. The maximum Gasteiger partial charge on any atom is 0.290 e. The number of aromatic nitrogens is 1. The number of amides is 2. The van der Waals surface area contributed by atoms with Crippen molar-refractivity contribution in [2.75, 3.05) is 38.1 Å². The number of imide groups is 1. The minimum absolute atomic E-state index is 0.348. The number of fused-ring (bicyclic) bond motifs is 1. The quantitative estimate of drug-likeness (QED) is 0.570. The van der Waals surface area contributed by atoms with Crippen LogP contribution in [-0.2, 0) is 4.79 Å². The second-order valence-corrected chi connectivity index (χ2v) is 9.37. The van der Waals surface area contributed by atoms with Gasteiger partial charge in [-0.1, -0.05) is 29.8 Å². The Balaban J connectivity index is 1.51. The summed E-state index contributed by atoms with van der Waals surface area (Å²) in [5.41, 5.74) is 3.64. The minimum atomic E-state index is -0.363. The molecule has 0 saturated carbocycles. The van der Waals surface area contributed by atoms with Crippen LogP contribution in [0.25, 0.3) is 28.1 Å². The van der Waals surface area contributed by atoms with E-state index < -0.39 is 0 Å². The zero-order valence-corrected chi connectivity index (χ0v) is 19.0. The first kappa shape index (κ1) is 21.0. The molecule has 0 atom stereocenters. The molecule has 3 aromatic rings. The largest absolute Gasteiger partial charge is 0.368 e. The summed E-state index contributed by atoms with van der Waals surface area (Å²) in [6, 6.07) is 14.0. The summed E-state index contributed by atoms with van der Waals surface area (Å²) in [6.07, 6.45) is 3.52. The monoisotopic (exact) mass is 464 g/mol. The number of carbonyl (C=O) groups is 2. The summed E-state index contributed by atoms with van der Waals surface area (Å²) in [6.45, 7) is 3.94. The summed E-state index contributed by atoms with van der Waals surface area (Å²) in [5.74, 6) is -0.363. The number of thioether (sulfide) groups is 1. The Kier molecular flexibility index (Phi) is 5.63. The number of piperazine rings is 1. The van der Waals surface area contributed by atoms with Gasteiger partial charge in [-0.15, -0.1) is 0 Å². The number of hydrogen-bond donors (Lipinski definition) is 1. The molecule has 5 rings (SSSR count). The maximum atomic E-state index is 11.9. The molecule has 0 bridgehead atoms. The van der Waals surface area contributed by atoms with Gasteiger partial charge < -0.3 is 9.80 Å². The lowest BCUT2D eigenvalue weighted by atomic mass is 10.0. The minimum Gasteiger partial charge on any atom is -0.368 e. The van der Waals surface area contributed by atoms with Gasteiger partial charge in [0.05, 0.1) is 21.3 Å². The molecular weight excluding hydrogens is 444 g/mol. The summed E-state index contributed by atoms with van der Waals surface area (Å²) >= 11 is 7.62. The third-order valence-electron chi connectivity index (χ3n) is 5.80. The molecule has 3 heterocycles. The first-order valence-electron chi connectivity index (χ1n) is 10.3. The Labute approximate surface area is 195 Å². The maximum absolute atomic E-state index is 11.9. The number of benzene rings is 2. The third-order valence-corrected chi connectivity index (χ3v) is 6.91. The van der Waals surface area contributed by atoms with Gasteiger partial charge in [-0.3, -0.25) is 19.9 Å². The highest BCUT2D eigenvalue weighted by molar-refractivity contribution is 8.18. The molecule has 2 aromatic carbocycles.